The van der Waals surface area contributed by atoms with E-state index in [1.54, 1.807) is 24.3 Å². The molecule has 1 saturated carbocycles. The first-order chi connectivity index (χ1) is 14.6. The minimum absolute atomic E-state index is 0.100. The van der Waals surface area contributed by atoms with Crippen LogP contribution < -0.4 is 5.43 Å². The van der Waals surface area contributed by atoms with Gasteiger partial charge in [0, 0.05) is 21.0 Å². The number of carbonyl (C=O) groups is 1. The lowest BCUT2D eigenvalue weighted by Crippen LogP contribution is -2.20. The van der Waals surface area contributed by atoms with E-state index < -0.39 is 10.9 Å². The fourth-order valence-electron chi connectivity index (χ4n) is 3.12. The van der Waals surface area contributed by atoms with Crippen LogP contribution in [-0.4, -0.2) is 16.3 Å². The Bertz CT molecular complexity index is 1220. The Morgan fingerprint density at radius 2 is 1.84 bits per heavy atom. The number of alkyl halides is 3. The molecule has 0 atom stereocenters. The van der Waals surface area contributed by atoms with Crippen LogP contribution in [-0.2, 0) is 5.75 Å². The number of hydrogen-bond acceptors (Lipinski definition) is 4. The highest BCUT2D eigenvalue weighted by Crippen LogP contribution is 2.38. The summed E-state index contributed by atoms with van der Waals surface area (Å²) in [5.41, 5.74) is -3.37. The lowest BCUT2D eigenvalue weighted by atomic mass is 10.1. The fraction of sp³-hybridized carbons (Fsp3) is 0.238. The maximum atomic E-state index is 13.2. The third kappa shape index (κ3) is 5.16. The number of thioether (sulfide) groups is 2. The Hall–Kier alpha value is -1.42. The Labute approximate surface area is 197 Å². The van der Waals surface area contributed by atoms with E-state index in [1.165, 1.54) is 23.9 Å². The summed E-state index contributed by atoms with van der Waals surface area (Å²) in [6.07, 6.45) is 1.51. The Morgan fingerprint density at radius 1 is 1.16 bits per heavy atom. The molecule has 1 aliphatic rings. The number of H-pyrrole nitrogens is 1. The second-order valence-electron chi connectivity index (χ2n) is 7.06. The molecule has 1 N–H and O–H groups in total. The monoisotopic (exact) mass is 547 g/mol. The van der Waals surface area contributed by atoms with Crippen molar-refractivity contribution in [2.24, 2.45) is 5.92 Å². The zero-order valence-electron chi connectivity index (χ0n) is 15.7. The second-order valence-corrected chi connectivity index (χ2v) is 10.4. The Kier molecular flexibility index (Phi) is 6.49. The number of aromatic nitrogens is 1. The van der Waals surface area contributed by atoms with Gasteiger partial charge in [-0.25, -0.2) is 0 Å². The number of rotatable bonds is 6. The molecule has 10 heteroatoms. The number of nitrogens with one attached hydrogen (secondary N) is 1. The predicted octanol–water partition coefficient (Wildman–Crippen LogP) is 7.44. The molecule has 2 aromatic carbocycles. The highest BCUT2D eigenvalue weighted by Gasteiger charge is 2.34. The van der Waals surface area contributed by atoms with E-state index in [9.17, 15) is 22.8 Å². The third-order valence-corrected chi connectivity index (χ3v) is 7.55. The molecule has 0 spiro atoms. The van der Waals surface area contributed by atoms with Crippen molar-refractivity contribution in [3.05, 3.63) is 67.2 Å². The number of ketones is 1. The molecule has 3 nitrogen and oxygen atoms in total. The molecule has 0 radical (unpaired) electrons. The van der Waals surface area contributed by atoms with Crippen LogP contribution in [0.2, 0.25) is 5.02 Å². The predicted molar refractivity (Wildman–Crippen MR) is 122 cm³/mol. The molecule has 1 aliphatic carbocycles. The van der Waals surface area contributed by atoms with Gasteiger partial charge in [0.2, 0.25) is 5.43 Å². The average Bonchev–Trinajstić information content (AvgIpc) is 3.54. The average molecular weight is 549 g/mol. The van der Waals surface area contributed by atoms with E-state index >= 15 is 0 Å². The molecule has 0 aliphatic heterocycles. The number of carbonyl (C=O) groups excluding carboxylic acids is 1. The van der Waals surface area contributed by atoms with Crippen LogP contribution >= 0.6 is 51.1 Å². The first-order valence-electron chi connectivity index (χ1n) is 9.19. The molecule has 0 bridgehead atoms. The van der Waals surface area contributed by atoms with Crippen molar-refractivity contribution in [2.75, 3.05) is 0 Å². The van der Waals surface area contributed by atoms with Gasteiger partial charge in [-0.1, -0.05) is 23.7 Å². The highest BCUT2D eigenvalue weighted by molar-refractivity contribution is 9.10. The summed E-state index contributed by atoms with van der Waals surface area (Å²) in [4.78, 5) is 29.4. The Morgan fingerprint density at radius 3 is 2.45 bits per heavy atom. The second kappa shape index (κ2) is 8.84. The number of fused-ring (bicyclic) bond motifs is 1. The molecule has 4 rings (SSSR count). The lowest BCUT2D eigenvalue weighted by molar-refractivity contribution is -0.0328. The van der Waals surface area contributed by atoms with Gasteiger partial charge in [-0.15, -0.1) is 11.8 Å². The van der Waals surface area contributed by atoms with Gasteiger partial charge in [-0.05, 0) is 70.4 Å². The number of pyridine rings is 1. The molecular weight excluding hydrogens is 535 g/mol. The van der Waals surface area contributed by atoms with Crippen molar-refractivity contribution in [3.8, 4) is 0 Å². The number of benzene rings is 2. The van der Waals surface area contributed by atoms with Gasteiger partial charge in [-0.2, -0.15) is 13.2 Å². The van der Waals surface area contributed by atoms with E-state index in [-0.39, 0.29) is 44.3 Å². The zero-order chi connectivity index (χ0) is 22.3. The fourth-order valence-corrected chi connectivity index (χ4v) is 5.35. The van der Waals surface area contributed by atoms with Gasteiger partial charge >= 0.3 is 5.51 Å². The molecule has 162 valence electrons. The maximum absolute atomic E-state index is 13.2. The summed E-state index contributed by atoms with van der Waals surface area (Å²) in [5, 5.41) is 0.961. The van der Waals surface area contributed by atoms with E-state index in [2.05, 4.69) is 20.9 Å². The SMILES string of the molecule is O=C(c1c(SCc2ccc(SC(F)(F)F)cc2)[nH]c2c(Br)ccc(Cl)c2c1=O)C1CC1. The molecule has 3 aromatic rings. The van der Waals surface area contributed by atoms with Crippen LogP contribution in [0.15, 0.2) is 55.6 Å². The molecule has 1 fully saturated rings. The van der Waals surface area contributed by atoms with E-state index in [0.717, 1.165) is 18.4 Å². The van der Waals surface area contributed by atoms with Crippen LogP contribution in [0.25, 0.3) is 10.9 Å². The first-order valence-corrected chi connectivity index (χ1v) is 12.2. The summed E-state index contributed by atoms with van der Waals surface area (Å²) in [6, 6.07) is 9.34. The quantitative estimate of drug-likeness (QED) is 0.257. The van der Waals surface area contributed by atoms with Crippen molar-refractivity contribution in [3.63, 3.8) is 0 Å². The number of hydrogen-bond donors (Lipinski definition) is 1. The maximum Gasteiger partial charge on any atom is 0.446 e. The van der Waals surface area contributed by atoms with E-state index in [0.29, 0.717) is 20.8 Å². The smallest absolute Gasteiger partial charge is 0.348 e. The standard InChI is InChI=1S/C21H14BrClF3NO2S2/c22-13-7-8-14(23)15-17(13)27-20(16(19(15)29)18(28)11-3-4-11)30-9-10-1-5-12(6-2-10)31-21(24,25)26/h1-2,5-8,11H,3-4,9H2,(H,27,29). The summed E-state index contributed by atoms with van der Waals surface area (Å²) in [6.45, 7) is 0. The molecular formula is C21H14BrClF3NO2S2. The summed E-state index contributed by atoms with van der Waals surface area (Å²) in [5.74, 6) is 0.0303. The molecule has 0 unspecified atom stereocenters. The summed E-state index contributed by atoms with van der Waals surface area (Å²) < 4.78 is 38.2. The van der Waals surface area contributed by atoms with Gasteiger partial charge in [0.15, 0.2) is 5.78 Å². The van der Waals surface area contributed by atoms with Crippen LogP contribution in [0.5, 0.6) is 0 Å². The third-order valence-electron chi connectivity index (χ3n) is 4.76. The lowest BCUT2D eigenvalue weighted by Gasteiger charge is -2.12. The Balaban J connectivity index is 1.68. The van der Waals surface area contributed by atoms with E-state index in [1.807, 2.05) is 0 Å². The molecule has 0 saturated heterocycles. The molecule has 1 heterocycles. The molecule has 1 aromatic heterocycles. The molecule has 31 heavy (non-hydrogen) atoms. The minimum Gasteiger partial charge on any atom is -0.348 e. The van der Waals surface area contributed by atoms with Gasteiger partial charge in [0.1, 0.15) is 0 Å². The minimum atomic E-state index is -4.34. The van der Waals surface area contributed by atoms with Crippen LogP contribution in [0.1, 0.15) is 28.8 Å². The summed E-state index contributed by atoms with van der Waals surface area (Å²) >= 11 is 10.8. The van der Waals surface area contributed by atoms with Crippen LogP contribution in [0.3, 0.4) is 0 Å². The number of aromatic amines is 1. The van der Waals surface area contributed by atoms with Gasteiger partial charge in [-0.3, -0.25) is 9.59 Å². The highest BCUT2D eigenvalue weighted by atomic mass is 79.9. The van der Waals surface area contributed by atoms with Crippen molar-refractivity contribution >= 4 is 67.7 Å². The van der Waals surface area contributed by atoms with Gasteiger partial charge < -0.3 is 4.98 Å². The van der Waals surface area contributed by atoms with Crippen LogP contribution in [0.4, 0.5) is 13.2 Å². The zero-order valence-corrected chi connectivity index (χ0v) is 19.7. The first kappa shape index (κ1) is 22.8. The van der Waals surface area contributed by atoms with Crippen molar-refractivity contribution in [1.29, 1.82) is 0 Å². The topological polar surface area (TPSA) is 49.9 Å². The van der Waals surface area contributed by atoms with Crippen LogP contribution in [0, 0.1) is 5.92 Å². The number of halogens is 5. The number of Topliss-reactive ketones (excluding diaryl/α,β-unsaturated/α-hetero) is 1. The van der Waals surface area contributed by atoms with Gasteiger partial charge in [0.05, 0.1) is 26.5 Å². The largest absolute Gasteiger partial charge is 0.446 e. The van der Waals surface area contributed by atoms with Crippen molar-refractivity contribution in [2.45, 2.75) is 34.0 Å². The van der Waals surface area contributed by atoms with Crippen molar-refractivity contribution < 1.29 is 18.0 Å². The van der Waals surface area contributed by atoms with E-state index in [4.69, 9.17) is 11.6 Å². The summed E-state index contributed by atoms with van der Waals surface area (Å²) in [7, 11) is 0. The normalized spacial score (nSPS) is 14.2. The van der Waals surface area contributed by atoms with Crippen molar-refractivity contribution in [1.82, 2.24) is 4.98 Å². The molecule has 0 amide bonds. The van der Waals surface area contributed by atoms with Gasteiger partial charge in [0.25, 0.3) is 0 Å².